The van der Waals surface area contributed by atoms with E-state index >= 15 is 0 Å². The predicted molar refractivity (Wildman–Crippen MR) is 56.3 cm³/mol. The van der Waals surface area contributed by atoms with Gasteiger partial charge < -0.3 is 10.5 Å². The molecule has 2 N–H and O–H groups in total. The van der Waals surface area contributed by atoms with Crippen LogP contribution in [-0.4, -0.2) is 17.1 Å². The average molecular weight is 195 g/mol. The van der Waals surface area contributed by atoms with E-state index in [1.54, 1.807) is 7.11 Å². The predicted octanol–water partition coefficient (Wildman–Crippen LogP) is 1.57. The highest BCUT2D eigenvalue weighted by atomic mass is 16.5. The van der Waals surface area contributed by atoms with Crippen molar-refractivity contribution in [2.24, 2.45) is 5.92 Å². The molecule has 0 aliphatic rings. The van der Waals surface area contributed by atoms with Crippen molar-refractivity contribution in [1.29, 1.82) is 0 Å². The number of nitrogens with two attached hydrogens (primary N) is 1. The zero-order valence-corrected chi connectivity index (χ0v) is 9.16. The minimum Gasteiger partial charge on any atom is -0.481 e. The van der Waals surface area contributed by atoms with Crippen molar-refractivity contribution in [2.45, 2.75) is 27.2 Å². The quantitative estimate of drug-likeness (QED) is 0.795. The van der Waals surface area contributed by atoms with Crippen molar-refractivity contribution in [3.8, 4) is 5.88 Å². The van der Waals surface area contributed by atoms with Crippen LogP contribution in [0.1, 0.15) is 25.1 Å². The van der Waals surface area contributed by atoms with E-state index in [0.29, 0.717) is 11.8 Å². The third-order valence-electron chi connectivity index (χ3n) is 2.00. The zero-order valence-electron chi connectivity index (χ0n) is 9.16. The Balaban J connectivity index is 3.11. The Morgan fingerprint density at radius 3 is 2.50 bits per heavy atom. The first-order valence-electron chi connectivity index (χ1n) is 4.71. The van der Waals surface area contributed by atoms with Crippen molar-refractivity contribution in [2.75, 3.05) is 12.8 Å². The molecule has 0 radical (unpaired) electrons. The minimum atomic E-state index is 0.270. The van der Waals surface area contributed by atoms with Crippen LogP contribution in [-0.2, 0) is 6.42 Å². The van der Waals surface area contributed by atoms with Gasteiger partial charge in [-0.2, -0.15) is 4.98 Å². The van der Waals surface area contributed by atoms with Crippen molar-refractivity contribution < 1.29 is 4.74 Å². The molecule has 0 aromatic carbocycles. The van der Waals surface area contributed by atoms with E-state index < -0.39 is 0 Å². The van der Waals surface area contributed by atoms with Crippen molar-refractivity contribution in [3.05, 3.63) is 11.3 Å². The minimum absolute atomic E-state index is 0.270. The van der Waals surface area contributed by atoms with Crippen LogP contribution in [0, 0.1) is 12.8 Å². The highest BCUT2D eigenvalue weighted by Gasteiger charge is 2.12. The second kappa shape index (κ2) is 4.26. The van der Waals surface area contributed by atoms with E-state index in [2.05, 4.69) is 23.8 Å². The van der Waals surface area contributed by atoms with E-state index in [-0.39, 0.29) is 5.95 Å². The molecule has 0 aliphatic heterocycles. The summed E-state index contributed by atoms with van der Waals surface area (Å²) in [5.41, 5.74) is 7.49. The summed E-state index contributed by atoms with van der Waals surface area (Å²) in [6, 6.07) is 0. The summed E-state index contributed by atoms with van der Waals surface area (Å²) >= 11 is 0. The number of ether oxygens (including phenoxy) is 1. The molecule has 4 heteroatoms. The Bertz CT molecular complexity index is 323. The van der Waals surface area contributed by atoms with Gasteiger partial charge in [-0.3, -0.25) is 0 Å². The maximum Gasteiger partial charge on any atom is 0.223 e. The molecule has 0 spiro atoms. The van der Waals surface area contributed by atoms with Gasteiger partial charge in [0.25, 0.3) is 0 Å². The lowest BCUT2D eigenvalue weighted by Crippen LogP contribution is -2.07. The lowest BCUT2D eigenvalue weighted by Gasteiger charge is -2.12. The first-order chi connectivity index (χ1) is 6.54. The molecule has 0 atom stereocenters. The highest BCUT2D eigenvalue weighted by molar-refractivity contribution is 5.35. The second-order valence-electron chi connectivity index (χ2n) is 3.75. The second-order valence-corrected chi connectivity index (χ2v) is 3.75. The molecule has 14 heavy (non-hydrogen) atoms. The molecule has 1 heterocycles. The summed E-state index contributed by atoms with van der Waals surface area (Å²) in [4.78, 5) is 8.17. The molecule has 1 aromatic rings. The van der Waals surface area contributed by atoms with Crippen LogP contribution in [0.25, 0.3) is 0 Å². The highest BCUT2D eigenvalue weighted by Crippen LogP contribution is 2.22. The first-order valence-corrected chi connectivity index (χ1v) is 4.71. The molecule has 78 valence electrons. The molecule has 1 aromatic heterocycles. The van der Waals surface area contributed by atoms with E-state index in [1.807, 2.05) is 6.92 Å². The molecule has 0 saturated carbocycles. The summed E-state index contributed by atoms with van der Waals surface area (Å²) in [6.45, 7) is 6.22. The number of rotatable bonds is 3. The maximum atomic E-state index is 5.53. The van der Waals surface area contributed by atoms with Gasteiger partial charge in [0.15, 0.2) is 0 Å². The van der Waals surface area contributed by atoms with Gasteiger partial charge in [-0.1, -0.05) is 13.8 Å². The van der Waals surface area contributed by atoms with Crippen LogP contribution in [0.5, 0.6) is 5.88 Å². The monoisotopic (exact) mass is 195 g/mol. The van der Waals surface area contributed by atoms with Gasteiger partial charge in [0.1, 0.15) is 0 Å². The molecule has 0 fully saturated rings. The molecule has 0 aliphatic carbocycles. The standard InChI is InChI=1S/C10H17N3O/c1-6(2)5-8-7(3)12-10(11)13-9(8)14-4/h6H,5H2,1-4H3,(H2,11,12,13). The Labute approximate surface area is 84.5 Å². The van der Waals surface area contributed by atoms with Gasteiger partial charge in [0.05, 0.1) is 7.11 Å². The fourth-order valence-corrected chi connectivity index (χ4v) is 1.40. The van der Waals surface area contributed by atoms with Gasteiger partial charge in [-0.15, -0.1) is 0 Å². The Hall–Kier alpha value is -1.32. The van der Waals surface area contributed by atoms with Crippen molar-refractivity contribution >= 4 is 5.95 Å². The maximum absolute atomic E-state index is 5.53. The summed E-state index contributed by atoms with van der Waals surface area (Å²) in [7, 11) is 1.60. The Morgan fingerprint density at radius 2 is 2.00 bits per heavy atom. The molecular weight excluding hydrogens is 178 g/mol. The summed E-state index contributed by atoms with van der Waals surface area (Å²) in [6.07, 6.45) is 0.912. The largest absolute Gasteiger partial charge is 0.481 e. The Morgan fingerprint density at radius 1 is 1.36 bits per heavy atom. The van der Waals surface area contributed by atoms with Gasteiger partial charge in [0.2, 0.25) is 11.8 Å². The fourth-order valence-electron chi connectivity index (χ4n) is 1.40. The number of nitrogens with zero attached hydrogens (tertiary/aromatic N) is 2. The smallest absolute Gasteiger partial charge is 0.223 e. The number of methoxy groups -OCH3 is 1. The number of hydrogen-bond acceptors (Lipinski definition) is 4. The molecule has 0 unspecified atom stereocenters. The molecule has 4 nitrogen and oxygen atoms in total. The number of aryl methyl sites for hydroxylation is 1. The topological polar surface area (TPSA) is 61.0 Å². The van der Waals surface area contributed by atoms with Crippen LogP contribution in [0.15, 0.2) is 0 Å². The van der Waals surface area contributed by atoms with E-state index in [4.69, 9.17) is 10.5 Å². The SMILES string of the molecule is COc1nc(N)nc(C)c1CC(C)C. The summed E-state index contributed by atoms with van der Waals surface area (Å²) in [5.74, 6) is 1.42. The fraction of sp³-hybridized carbons (Fsp3) is 0.600. The number of nitrogen functional groups attached to an aromatic ring is 1. The first kappa shape index (κ1) is 10.8. The van der Waals surface area contributed by atoms with Gasteiger partial charge in [-0.05, 0) is 19.3 Å². The summed E-state index contributed by atoms with van der Waals surface area (Å²) in [5, 5.41) is 0. The van der Waals surface area contributed by atoms with Gasteiger partial charge in [0, 0.05) is 11.3 Å². The molecule has 0 bridgehead atoms. The van der Waals surface area contributed by atoms with Gasteiger partial charge >= 0.3 is 0 Å². The average Bonchev–Trinajstić information content (AvgIpc) is 2.08. The van der Waals surface area contributed by atoms with Crippen LogP contribution in [0.2, 0.25) is 0 Å². The normalized spacial score (nSPS) is 10.6. The van der Waals surface area contributed by atoms with E-state index in [1.165, 1.54) is 0 Å². The van der Waals surface area contributed by atoms with Crippen LogP contribution >= 0.6 is 0 Å². The van der Waals surface area contributed by atoms with Crippen LogP contribution < -0.4 is 10.5 Å². The van der Waals surface area contributed by atoms with Crippen LogP contribution in [0.4, 0.5) is 5.95 Å². The lowest BCUT2D eigenvalue weighted by atomic mass is 10.0. The van der Waals surface area contributed by atoms with E-state index in [9.17, 15) is 0 Å². The molecule has 0 saturated heterocycles. The van der Waals surface area contributed by atoms with Crippen molar-refractivity contribution in [3.63, 3.8) is 0 Å². The third-order valence-corrected chi connectivity index (χ3v) is 2.00. The van der Waals surface area contributed by atoms with E-state index in [0.717, 1.165) is 17.7 Å². The van der Waals surface area contributed by atoms with Crippen LogP contribution in [0.3, 0.4) is 0 Å². The third kappa shape index (κ3) is 2.34. The molecule has 0 amide bonds. The lowest BCUT2D eigenvalue weighted by molar-refractivity contribution is 0.388. The zero-order chi connectivity index (χ0) is 10.7. The Kier molecular flexibility index (Phi) is 3.28. The summed E-state index contributed by atoms with van der Waals surface area (Å²) < 4.78 is 5.18. The van der Waals surface area contributed by atoms with Crippen molar-refractivity contribution in [1.82, 2.24) is 9.97 Å². The number of aromatic nitrogens is 2. The van der Waals surface area contributed by atoms with Gasteiger partial charge in [-0.25, -0.2) is 4.98 Å². The number of hydrogen-bond donors (Lipinski definition) is 1. The molecular formula is C10H17N3O. The molecule has 1 rings (SSSR count). The number of anilines is 1.